The number of methoxy groups -OCH3 is 1. The third-order valence-electron chi connectivity index (χ3n) is 4.79. The lowest BCUT2D eigenvalue weighted by molar-refractivity contribution is -0.384. The first-order chi connectivity index (χ1) is 13.4. The van der Waals surface area contributed by atoms with E-state index in [-0.39, 0.29) is 42.5 Å². The standard InChI is InChI=1S/C18H27N5O5.ClH/c1-28-13-18(6-8-19-9-7-18)12-22-16(24)11-21-17(25)20-10-14-2-4-15(5-3-14)23(26)27;/h2-5,19H,6-13H2,1H3,(H,22,24)(H2,20,21,25);1H. The van der Waals surface area contributed by atoms with E-state index < -0.39 is 11.0 Å². The number of carbonyl (C=O) groups excluding carboxylic acids is 2. The van der Waals surface area contributed by atoms with E-state index in [1.165, 1.54) is 12.1 Å². The van der Waals surface area contributed by atoms with Crippen LogP contribution in [0.4, 0.5) is 10.5 Å². The van der Waals surface area contributed by atoms with Crippen LogP contribution in [0.15, 0.2) is 24.3 Å². The molecule has 10 nitrogen and oxygen atoms in total. The topological polar surface area (TPSA) is 135 Å². The Balaban J connectivity index is 0.00000420. The molecular weight excluding hydrogens is 402 g/mol. The second-order valence-electron chi connectivity index (χ2n) is 6.92. The molecule has 1 saturated heterocycles. The smallest absolute Gasteiger partial charge is 0.315 e. The first-order valence-corrected chi connectivity index (χ1v) is 9.15. The summed E-state index contributed by atoms with van der Waals surface area (Å²) in [6.07, 6.45) is 1.84. The van der Waals surface area contributed by atoms with Gasteiger partial charge in [0.2, 0.25) is 5.91 Å². The van der Waals surface area contributed by atoms with E-state index in [1.54, 1.807) is 19.2 Å². The number of non-ortho nitro benzene ring substituents is 1. The Labute approximate surface area is 175 Å². The van der Waals surface area contributed by atoms with E-state index in [0.29, 0.717) is 13.2 Å². The first kappa shape index (κ1) is 24.6. The molecule has 1 heterocycles. The van der Waals surface area contributed by atoms with Crippen molar-refractivity contribution < 1.29 is 19.2 Å². The van der Waals surface area contributed by atoms with Gasteiger partial charge in [-0.1, -0.05) is 12.1 Å². The predicted molar refractivity (Wildman–Crippen MR) is 110 cm³/mol. The minimum absolute atomic E-state index is 0. The van der Waals surface area contributed by atoms with Gasteiger partial charge >= 0.3 is 6.03 Å². The number of urea groups is 1. The van der Waals surface area contributed by atoms with Gasteiger partial charge in [-0.3, -0.25) is 14.9 Å². The highest BCUT2D eigenvalue weighted by Crippen LogP contribution is 2.28. The molecule has 0 aliphatic carbocycles. The Morgan fingerprint density at radius 2 is 1.83 bits per heavy atom. The number of rotatable bonds is 9. The van der Waals surface area contributed by atoms with Gasteiger partial charge in [0.25, 0.3) is 5.69 Å². The van der Waals surface area contributed by atoms with Crippen LogP contribution in [0.1, 0.15) is 18.4 Å². The van der Waals surface area contributed by atoms with Crippen LogP contribution in [0.25, 0.3) is 0 Å². The van der Waals surface area contributed by atoms with Crippen LogP contribution in [-0.4, -0.2) is 56.8 Å². The lowest BCUT2D eigenvalue weighted by Crippen LogP contribution is -2.49. The molecule has 3 amide bonds. The van der Waals surface area contributed by atoms with Crippen molar-refractivity contribution in [1.29, 1.82) is 0 Å². The third-order valence-corrected chi connectivity index (χ3v) is 4.79. The van der Waals surface area contributed by atoms with Gasteiger partial charge in [0, 0.05) is 37.7 Å². The Morgan fingerprint density at radius 3 is 2.41 bits per heavy atom. The third kappa shape index (κ3) is 8.22. The zero-order valence-corrected chi connectivity index (χ0v) is 17.2. The number of benzene rings is 1. The van der Waals surface area contributed by atoms with Crippen LogP contribution < -0.4 is 21.3 Å². The summed E-state index contributed by atoms with van der Waals surface area (Å²) in [6.45, 7) is 2.94. The highest BCUT2D eigenvalue weighted by molar-refractivity contribution is 5.85. The van der Waals surface area contributed by atoms with E-state index in [9.17, 15) is 19.7 Å². The zero-order chi connectivity index (χ0) is 20.4. The Hall–Kier alpha value is -2.43. The summed E-state index contributed by atoms with van der Waals surface area (Å²) < 4.78 is 5.31. The summed E-state index contributed by atoms with van der Waals surface area (Å²) in [4.78, 5) is 34.0. The maximum Gasteiger partial charge on any atom is 0.315 e. The summed E-state index contributed by atoms with van der Waals surface area (Å²) in [7, 11) is 1.66. The molecule has 1 aliphatic rings. The lowest BCUT2D eigenvalue weighted by Gasteiger charge is -2.37. The van der Waals surface area contributed by atoms with Gasteiger partial charge in [-0.05, 0) is 31.5 Å². The highest BCUT2D eigenvalue weighted by atomic mass is 35.5. The fraction of sp³-hybridized carbons (Fsp3) is 0.556. The summed E-state index contributed by atoms with van der Waals surface area (Å²) in [5.41, 5.74) is 0.635. The second-order valence-corrected chi connectivity index (χ2v) is 6.92. The van der Waals surface area contributed by atoms with Crippen molar-refractivity contribution in [3.8, 4) is 0 Å². The minimum Gasteiger partial charge on any atom is -0.384 e. The van der Waals surface area contributed by atoms with Crippen LogP contribution in [0.5, 0.6) is 0 Å². The molecule has 4 N–H and O–H groups in total. The minimum atomic E-state index is -0.484. The van der Waals surface area contributed by atoms with Gasteiger partial charge < -0.3 is 26.0 Å². The number of piperidine rings is 1. The van der Waals surface area contributed by atoms with Crippen molar-refractivity contribution in [2.45, 2.75) is 19.4 Å². The SMILES string of the molecule is COCC1(CNC(=O)CNC(=O)NCc2ccc([N+](=O)[O-])cc2)CCNCC1.Cl. The van der Waals surface area contributed by atoms with Crippen molar-refractivity contribution >= 4 is 30.0 Å². The van der Waals surface area contributed by atoms with E-state index in [0.717, 1.165) is 31.5 Å². The van der Waals surface area contributed by atoms with Gasteiger partial charge in [0.15, 0.2) is 0 Å². The van der Waals surface area contributed by atoms with Gasteiger partial charge in [-0.2, -0.15) is 0 Å². The summed E-state index contributed by atoms with van der Waals surface area (Å²) in [5.74, 6) is -0.264. The molecule has 0 spiro atoms. The average molecular weight is 430 g/mol. The molecular formula is C18H28ClN5O5. The molecule has 0 bridgehead atoms. The molecule has 0 unspecified atom stereocenters. The molecule has 1 aromatic rings. The number of nitrogens with one attached hydrogen (secondary N) is 4. The largest absolute Gasteiger partial charge is 0.384 e. The van der Waals surface area contributed by atoms with Crippen LogP contribution >= 0.6 is 12.4 Å². The molecule has 162 valence electrons. The first-order valence-electron chi connectivity index (χ1n) is 9.15. The number of halogens is 1. The Morgan fingerprint density at radius 1 is 1.17 bits per heavy atom. The quantitative estimate of drug-likeness (QED) is 0.341. The molecule has 1 aromatic carbocycles. The fourth-order valence-corrected chi connectivity index (χ4v) is 3.12. The number of nitrogens with zero attached hydrogens (tertiary/aromatic N) is 1. The Bertz CT molecular complexity index is 674. The van der Waals surface area contributed by atoms with Crippen LogP contribution in [-0.2, 0) is 16.1 Å². The number of nitro benzene ring substituents is 1. The highest BCUT2D eigenvalue weighted by Gasteiger charge is 2.32. The van der Waals surface area contributed by atoms with Crippen molar-refractivity contribution in [3.63, 3.8) is 0 Å². The van der Waals surface area contributed by atoms with Crippen molar-refractivity contribution in [1.82, 2.24) is 21.3 Å². The van der Waals surface area contributed by atoms with Gasteiger partial charge in [0.05, 0.1) is 18.1 Å². The molecule has 0 aromatic heterocycles. The van der Waals surface area contributed by atoms with Crippen molar-refractivity contribution in [3.05, 3.63) is 39.9 Å². The number of hydrogen-bond acceptors (Lipinski definition) is 6. The molecule has 0 saturated carbocycles. The zero-order valence-electron chi connectivity index (χ0n) is 16.4. The summed E-state index contributed by atoms with van der Waals surface area (Å²) >= 11 is 0. The molecule has 11 heteroatoms. The fourth-order valence-electron chi connectivity index (χ4n) is 3.12. The Kier molecular flexibility index (Phi) is 10.4. The van der Waals surface area contributed by atoms with Crippen molar-refractivity contribution in [2.24, 2.45) is 5.41 Å². The van der Waals surface area contributed by atoms with E-state index >= 15 is 0 Å². The lowest BCUT2D eigenvalue weighted by atomic mass is 9.79. The maximum absolute atomic E-state index is 12.0. The van der Waals surface area contributed by atoms with Gasteiger partial charge in [0.1, 0.15) is 0 Å². The number of nitro groups is 1. The normalized spacial score (nSPS) is 14.9. The van der Waals surface area contributed by atoms with E-state index in [1.807, 2.05) is 0 Å². The number of hydrogen-bond donors (Lipinski definition) is 4. The van der Waals surface area contributed by atoms with Crippen LogP contribution in [0, 0.1) is 15.5 Å². The average Bonchev–Trinajstić information content (AvgIpc) is 2.70. The van der Waals surface area contributed by atoms with Crippen LogP contribution in [0.2, 0.25) is 0 Å². The van der Waals surface area contributed by atoms with Crippen LogP contribution in [0.3, 0.4) is 0 Å². The number of amides is 3. The predicted octanol–water partition coefficient (Wildman–Crippen LogP) is 0.948. The van der Waals surface area contributed by atoms with Gasteiger partial charge in [-0.15, -0.1) is 12.4 Å². The molecule has 1 aliphatic heterocycles. The summed E-state index contributed by atoms with van der Waals surface area (Å²) in [5, 5.41) is 21.9. The van der Waals surface area contributed by atoms with E-state index in [4.69, 9.17) is 4.74 Å². The summed E-state index contributed by atoms with van der Waals surface area (Å²) in [6, 6.07) is 5.40. The molecule has 29 heavy (non-hydrogen) atoms. The van der Waals surface area contributed by atoms with E-state index in [2.05, 4.69) is 21.3 Å². The molecule has 1 fully saturated rings. The maximum atomic E-state index is 12.0. The van der Waals surface area contributed by atoms with Crippen molar-refractivity contribution in [2.75, 3.05) is 39.9 Å². The number of carbonyl (C=O) groups is 2. The van der Waals surface area contributed by atoms with Gasteiger partial charge in [-0.25, -0.2) is 4.79 Å². The second kappa shape index (κ2) is 12.2. The number of ether oxygens (including phenoxy) is 1. The molecule has 0 radical (unpaired) electrons. The monoisotopic (exact) mass is 429 g/mol. The molecule has 0 atom stereocenters. The molecule has 2 rings (SSSR count).